The van der Waals surface area contributed by atoms with Gasteiger partial charge in [-0.05, 0) is 37.6 Å². The van der Waals surface area contributed by atoms with Crippen molar-refractivity contribution < 1.29 is 9.53 Å². The molecule has 0 saturated carbocycles. The Morgan fingerprint density at radius 3 is 3.12 bits per heavy atom. The summed E-state index contributed by atoms with van der Waals surface area (Å²) in [6, 6.07) is 7.84. The average molecular weight is 234 g/mol. The molecule has 1 amide bonds. The monoisotopic (exact) mass is 234 g/mol. The van der Waals surface area contributed by atoms with E-state index < -0.39 is 0 Å². The molecule has 17 heavy (non-hydrogen) atoms. The van der Waals surface area contributed by atoms with Gasteiger partial charge in [-0.1, -0.05) is 12.1 Å². The molecule has 4 nitrogen and oxygen atoms in total. The van der Waals surface area contributed by atoms with Gasteiger partial charge in [0.25, 0.3) is 5.91 Å². The zero-order valence-corrected chi connectivity index (χ0v) is 10.0. The Balaban J connectivity index is 1.97. The molecule has 2 rings (SSSR count). The number of rotatable bonds is 4. The van der Waals surface area contributed by atoms with Crippen LogP contribution >= 0.6 is 0 Å². The lowest BCUT2D eigenvalue weighted by Gasteiger charge is -2.11. The summed E-state index contributed by atoms with van der Waals surface area (Å²) in [5.74, 6) is -0.0379. The second-order valence-corrected chi connectivity index (χ2v) is 4.22. The van der Waals surface area contributed by atoms with Gasteiger partial charge in [-0.15, -0.1) is 0 Å². The summed E-state index contributed by atoms with van der Waals surface area (Å²) in [6.45, 7) is 1.49. The summed E-state index contributed by atoms with van der Waals surface area (Å²) < 4.78 is 5.34. The van der Waals surface area contributed by atoms with Crippen LogP contribution in [0.3, 0.4) is 0 Å². The van der Waals surface area contributed by atoms with E-state index in [1.54, 1.807) is 0 Å². The molecule has 1 heterocycles. The molecule has 0 unspecified atom stereocenters. The zero-order chi connectivity index (χ0) is 12.1. The number of ether oxygens (including phenoxy) is 1. The molecule has 1 fully saturated rings. The van der Waals surface area contributed by atoms with E-state index in [4.69, 9.17) is 4.74 Å². The lowest BCUT2D eigenvalue weighted by atomic mass is 10.2. The topological polar surface area (TPSA) is 50.4 Å². The molecule has 4 heteroatoms. The fourth-order valence-electron chi connectivity index (χ4n) is 1.97. The van der Waals surface area contributed by atoms with Crippen molar-refractivity contribution in [1.29, 1.82) is 0 Å². The van der Waals surface area contributed by atoms with Crippen LogP contribution in [-0.2, 0) is 16.1 Å². The lowest BCUT2D eigenvalue weighted by molar-refractivity contribution is -0.124. The van der Waals surface area contributed by atoms with E-state index >= 15 is 0 Å². The molecular weight excluding hydrogens is 216 g/mol. The largest absolute Gasteiger partial charge is 0.368 e. The van der Waals surface area contributed by atoms with Crippen molar-refractivity contribution >= 4 is 11.6 Å². The van der Waals surface area contributed by atoms with Crippen molar-refractivity contribution in [3.8, 4) is 0 Å². The average Bonchev–Trinajstić information content (AvgIpc) is 2.83. The molecule has 0 spiro atoms. The number of hydrogen-bond acceptors (Lipinski definition) is 3. The van der Waals surface area contributed by atoms with Crippen LogP contribution < -0.4 is 10.6 Å². The minimum Gasteiger partial charge on any atom is -0.368 e. The van der Waals surface area contributed by atoms with Crippen molar-refractivity contribution in [1.82, 2.24) is 5.32 Å². The van der Waals surface area contributed by atoms with Crippen LogP contribution in [0.4, 0.5) is 5.69 Å². The molecule has 0 aromatic heterocycles. The predicted molar refractivity (Wildman–Crippen MR) is 66.8 cm³/mol. The maximum absolute atomic E-state index is 11.8. The van der Waals surface area contributed by atoms with Crippen LogP contribution in [0.5, 0.6) is 0 Å². The minimum atomic E-state index is -0.275. The van der Waals surface area contributed by atoms with Crippen LogP contribution in [-0.4, -0.2) is 25.7 Å². The fraction of sp³-hybridized carbons (Fsp3) is 0.462. The Labute approximate surface area is 101 Å². The lowest BCUT2D eigenvalue weighted by Crippen LogP contribution is -2.26. The highest BCUT2D eigenvalue weighted by atomic mass is 16.5. The number of anilines is 1. The van der Waals surface area contributed by atoms with E-state index in [0.29, 0.717) is 6.61 Å². The third kappa shape index (κ3) is 3.28. The van der Waals surface area contributed by atoms with Crippen molar-refractivity contribution in [2.45, 2.75) is 25.5 Å². The van der Waals surface area contributed by atoms with E-state index in [9.17, 15) is 4.79 Å². The first kappa shape index (κ1) is 12.1. The first-order chi connectivity index (χ1) is 8.29. The van der Waals surface area contributed by atoms with Crippen molar-refractivity contribution in [2.24, 2.45) is 0 Å². The van der Waals surface area contributed by atoms with E-state index in [2.05, 4.69) is 10.6 Å². The number of carbonyl (C=O) groups excluding carboxylic acids is 1. The Morgan fingerprint density at radius 1 is 1.53 bits per heavy atom. The van der Waals surface area contributed by atoms with Gasteiger partial charge in [-0.2, -0.15) is 0 Å². The second-order valence-electron chi connectivity index (χ2n) is 4.22. The fourth-order valence-corrected chi connectivity index (χ4v) is 1.97. The summed E-state index contributed by atoms with van der Waals surface area (Å²) in [4.78, 5) is 11.8. The zero-order valence-electron chi connectivity index (χ0n) is 10.0. The number of hydrogen-bond donors (Lipinski definition) is 2. The minimum absolute atomic E-state index is 0.0379. The van der Waals surface area contributed by atoms with Crippen molar-refractivity contribution in [2.75, 3.05) is 19.0 Å². The molecule has 1 saturated heterocycles. The normalized spacial score (nSPS) is 19.2. The maximum atomic E-state index is 11.8. The molecule has 1 aliphatic rings. The van der Waals surface area contributed by atoms with Crippen LogP contribution in [0.15, 0.2) is 24.3 Å². The van der Waals surface area contributed by atoms with Gasteiger partial charge < -0.3 is 15.4 Å². The van der Waals surface area contributed by atoms with E-state index in [-0.39, 0.29) is 12.0 Å². The van der Waals surface area contributed by atoms with Crippen LogP contribution in [0.25, 0.3) is 0 Å². The molecule has 1 aliphatic heterocycles. The van der Waals surface area contributed by atoms with E-state index in [1.807, 2.05) is 31.3 Å². The molecule has 92 valence electrons. The summed E-state index contributed by atoms with van der Waals surface area (Å²) in [5, 5.41) is 5.97. The van der Waals surface area contributed by atoms with Gasteiger partial charge in [0.2, 0.25) is 0 Å². The summed E-state index contributed by atoms with van der Waals surface area (Å²) in [6.07, 6.45) is 1.52. The van der Waals surface area contributed by atoms with Gasteiger partial charge >= 0.3 is 0 Å². The summed E-state index contributed by atoms with van der Waals surface area (Å²) in [5.41, 5.74) is 1.98. The second kappa shape index (κ2) is 5.80. The van der Waals surface area contributed by atoms with Gasteiger partial charge in [-0.3, -0.25) is 4.79 Å². The first-order valence-electron chi connectivity index (χ1n) is 5.95. The molecule has 0 radical (unpaired) electrons. The molecule has 1 aromatic rings. The Morgan fingerprint density at radius 2 is 2.41 bits per heavy atom. The van der Waals surface area contributed by atoms with Gasteiger partial charge in [-0.25, -0.2) is 0 Å². The first-order valence-corrected chi connectivity index (χ1v) is 5.95. The highest BCUT2D eigenvalue weighted by molar-refractivity contribution is 5.94. The van der Waals surface area contributed by atoms with Crippen LogP contribution in [0.1, 0.15) is 18.4 Å². The molecular formula is C13H18N2O2. The van der Waals surface area contributed by atoms with Gasteiger partial charge in [0.1, 0.15) is 6.10 Å². The molecule has 0 aliphatic carbocycles. The summed E-state index contributed by atoms with van der Waals surface area (Å²) in [7, 11) is 1.90. The molecule has 1 aromatic carbocycles. The Kier molecular flexibility index (Phi) is 4.12. The quantitative estimate of drug-likeness (QED) is 0.830. The van der Waals surface area contributed by atoms with Gasteiger partial charge in [0.05, 0.1) is 0 Å². The van der Waals surface area contributed by atoms with E-state index in [0.717, 1.165) is 30.6 Å². The van der Waals surface area contributed by atoms with Crippen LogP contribution in [0, 0.1) is 0 Å². The van der Waals surface area contributed by atoms with Crippen molar-refractivity contribution in [3.63, 3.8) is 0 Å². The number of nitrogens with one attached hydrogen (secondary N) is 2. The summed E-state index contributed by atoms with van der Waals surface area (Å²) >= 11 is 0. The molecule has 2 N–H and O–H groups in total. The SMILES string of the molecule is CNCc1cccc(NC(=O)[C@@H]2CCCO2)c1. The van der Waals surface area contributed by atoms with Crippen LogP contribution in [0.2, 0.25) is 0 Å². The maximum Gasteiger partial charge on any atom is 0.253 e. The van der Waals surface area contributed by atoms with Crippen molar-refractivity contribution in [3.05, 3.63) is 29.8 Å². The number of amides is 1. The predicted octanol–water partition coefficient (Wildman–Crippen LogP) is 1.52. The third-order valence-electron chi connectivity index (χ3n) is 2.80. The van der Waals surface area contributed by atoms with E-state index in [1.165, 1.54) is 0 Å². The highest BCUT2D eigenvalue weighted by Crippen LogP contribution is 2.16. The van der Waals surface area contributed by atoms with Gasteiger partial charge in [0, 0.05) is 18.8 Å². The Hall–Kier alpha value is -1.39. The third-order valence-corrected chi connectivity index (χ3v) is 2.80. The number of carbonyl (C=O) groups is 1. The highest BCUT2D eigenvalue weighted by Gasteiger charge is 2.23. The standard InChI is InChI=1S/C13H18N2O2/c1-14-9-10-4-2-5-11(8-10)15-13(16)12-6-3-7-17-12/h2,4-5,8,12,14H,3,6-7,9H2,1H3,(H,15,16)/t12-/m0/s1. The smallest absolute Gasteiger partial charge is 0.253 e. The molecule has 0 bridgehead atoms. The van der Waals surface area contributed by atoms with Gasteiger partial charge in [0.15, 0.2) is 0 Å². The number of benzene rings is 1. The molecule has 1 atom stereocenters. The Bertz CT molecular complexity index is 387.